The first-order chi connectivity index (χ1) is 12.6. The molecule has 4 rings (SSSR count). The Morgan fingerprint density at radius 2 is 2.27 bits per heavy atom. The van der Waals surface area contributed by atoms with Crippen LogP contribution in [0.4, 0.5) is 0 Å². The summed E-state index contributed by atoms with van der Waals surface area (Å²) in [5, 5.41) is 10.3. The van der Waals surface area contributed by atoms with Crippen LogP contribution in [-0.2, 0) is 6.42 Å². The number of thiophene rings is 1. The first kappa shape index (κ1) is 17.7. The van der Waals surface area contributed by atoms with E-state index in [0.29, 0.717) is 5.16 Å². The van der Waals surface area contributed by atoms with Crippen LogP contribution in [0.25, 0.3) is 15.9 Å². The van der Waals surface area contributed by atoms with Gasteiger partial charge in [-0.25, -0.2) is 4.98 Å². The first-order valence-corrected chi connectivity index (χ1v) is 11.1. The van der Waals surface area contributed by atoms with Gasteiger partial charge < -0.3 is 0 Å². The zero-order valence-electron chi connectivity index (χ0n) is 14.5. The maximum atomic E-state index is 13.5. The summed E-state index contributed by atoms with van der Waals surface area (Å²) < 4.78 is 2.90. The Balaban J connectivity index is 2.03. The van der Waals surface area contributed by atoms with Crippen LogP contribution >= 0.6 is 34.9 Å². The van der Waals surface area contributed by atoms with Crippen LogP contribution in [0.2, 0.25) is 0 Å². The molecule has 0 saturated heterocycles. The second kappa shape index (κ2) is 7.10. The summed E-state index contributed by atoms with van der Waals surface area (Å²) in [7, 11) is 0. The van der Waals surface area contributed by atoms with E-state index in [2.05, 4.69) is 6.07 Å². The predicted octanol–water partition coefficient (Wildman–Crippen LogP) is 4.80. The standard InChI is InChI=1S/C19H17N3OS3/c1-11-5-3-6-13(9-11)22-17(23)15-14-7-4-8-24-18(14)26-16(15)21-19(22)25-12(2)10-20/h3,5-6,9,12H,4,7-8H2,1-2H3. The fourth-order valence-electron chi connectivity index (χ4n) is 3.08. The lowest BCUT2D eigenvalue weighted by Gasteiger charge is -2.14. The smallest absolute Gasteiger partial charge is 0.267 e. The lowest BCUT2D eigenvalue weighted by atomic mass is 10.1. The highest BCUT2D eigenvalue weighted by atomic mass is 32.2. The molecule has 132 valence electrons. The summed E-state index contributed by atoms with van der Waals surface area (Å²) in [5.41, 5.74) is 3.03. The molecule has 0 saturated carbocycles. The van der Waals surface area contributed by atoms with Gasteiger partial charge in [-0.05, 0) is 55.7 Å². The Kier molecular flexibility index (Phi) is 4.82. The third-order valence-corrected chi connectivity index (χ3v) is 7.75. The number of fused-ring (bicyclic) bond motifs is 3. The molecule has 0 fully saturated rings. The number of nitrogens with zero attached hydrogens (tertiary/aromatic N) is 3. The second-order valence-corrected chi connectivity index (χ2v) is 9.93. The maximum Gasteiger partial charge on any atom is 0.267 e. The highest BCUT2D eigenvalue weighted by molar-refractivity contribution is 8.01. The summed E-state index contributed by atoms with van der Waals surface area (Å²) in [6, 6.07) is 10.1. The Morgan fingerprint density at radius 3 is 3.04 bits per heavy atom. The van der Waals surface area contributed by atoms with E-state index in [-0.39, 0.29) is 10.8 Å². The summed E-state index contributed by atoms with van der Waals surface area (Å²) in [6.45, 7) is 3.84. The average Bonchev–Trinajstić information content (AvgIpc) is 3.00. The molecule has 1 aliphatic rings. The van der Waals surface area contributed by atoms with E-state index < -0.39 is 0 Å². The van der Waals surface area contributed by atoms with Crippen molar-refractivity contribution >= 4 is 45.1 Å². The van der Waals surface area contributed by atoms with Crippen molar-refractivity contribution in [3.05, 3.63) is 45.7 Å². The van der Waals surface area contributed by atoms with Crippen molar-refractivity contribution in [2.75, 3.05) is 5.75 Å². The molecule has 0 amide bonds. The van der Waals surface area contributed by atoms with Crippen molar-refractivity contribution in [3.8, 4) is 11.8 Å². The third-order valence-electron chi connectivity index (χ3n) is 4.28. The molecule has 0 radical (unpaired) electrons. The summed E-state index contributed by atoms with van der Waals surface area (Å²) in [4.78, 5) is 19.1. The molecule has 0 N–H and O–H groups in total. The number of nitriles is 1. The highest BCUT2D eigenvalue weighted by Crippen LogP contribution is 2.41. The molecule has 3 heterocycles. The minimum atomic E-state index is -0.278. The molecule has 2 aromatic heterocycles. The van der Waals surface area contributed by atoms with E-state index in [1.54, 1.807) is 15.9 Å². The quantitative estimate of drug-likeness (QED) is 0.468. The monoisotopic (exact) mass is 399 g/mol. The zero-order valence-corrected chi connectivity index (χ0v) is 16.9. The van der Waals surface area contributed by atoms with Crippen LogP contribution in [0.3, 0.4) is 0 Å². The van der Waals surface area contributed by atoms with E-state index in [0.717, 1.165) is 45.6 Å². The Bertz CT molecular complexity index is 1090. The van der Waals surface area contributed by atoms with Gasteiger partial charge in [0.25, 0.3) is 5.56 Å². The second-order valence-electron chi connectivity index (χ2n) is 6.26. The topological polar surface area (TPSA) is 58.7 Å². The van der Waals surface area contributed by atoms with Crippen LogP contribution in [-0.4, -0.2) is 20.6 Å². The zero-order chi connectivity index (χ0) is 18.3. The van der Waals surface area contributed by atoms with Gasteiger partial charge in [-0.1, -0.05) is 23.9 Å². The van der Waals surface area contributed by atoms with Crippen molar-refractivity contribution < 1.29 is 0 Å². The van der Waals surface area contributed by atoms with E-state index in [4.69, 9.17) is 4.98 Å². The molecular weight excluding hydrogens is 382 g/mol. The van der Waals surface area contributed by atoms with Gasteiger partial charge in [-0.15, -0.1) is 23.1 Å². The van der Waals surface area contributed by atoms with Gasteiger partial charge >= 0.3 is 0 Å². The van der Waals surface area contributed by atoms with Gasteiger partial charge in [0.05, 0.1) is 26.6 Å². The number of hydrogen-bond donors (Lipinski definition) is 0. The summed E-state index contributed by atoms with van der Waals surface area (Å²) in [5.74, 6) is 1.10. The minimum Gasteiger partial charge on any atom is -0.268 e. The molecule has 7 heteroatoms. The van der Waals surface area contributed by atoms with Gasteiger partial charge in [-0.2, -0.15) is 5.26 Å². The molecule has 1 atom stereocenters. The van der Waals surface area contributed by atoms with Crippen molar-refractivity contribution in [3.63, 3.8) is 0 Å². The lowest BCUT2D eigenvalue weighted by Crippen LogP contribution is -2.22. The van der Waals surface area contributed by atoms with Gasteiger partial charge in [0.1, 0.15) is 4.83 Å². The molecule has 1 aliphatic heterocycles. The van der Waals surface area contributed by atoms with E-state index in [1.165, 1.54) is 16.0 Å². The molecule has 1 aromatic carbocycles. The van der Waals surface area contributed by atoms with Crippen molar-refractivity contribution in [2.24, 2.45) is 0 Å². The first-order valence-electron chi connectivity index (χ1n) is 8.43. The molecule has 4 nitrogen and oxygen atoms in total. The number of hydrogen-bond acceptors (Lipinski definition) is 6. The Hall–Kier alpha value is -1.75. The number of aromatic nitrogens is 2. The van der Waals surface area contributed by atoms with Crippen LogP contribution in [0, 0.1) is 18.3 Å². The average molecular weight is 400 g/mol. The normalized spacial score (nSPS) is 14.8. The largest absolute Gasteiger partial charge is 0.268 e. The Morgan fingerprint density at radius 1 is 1.42 bits per heavy atom. The van der Waals surface area contributed by atoms with Crippen molar-refractivity contribution in [1.29, 1.82) is 5.26 Å². The van der Waals surface area contributed by atoms with Crippen LogP contribution in [0.5, 0.6) is 0 Å². The number of rotatable bonds is 3. The number of benzene rings is 1. The molecule has 26 heavy (non-hydrogen) atoms. The van der Waals surface area contributed by atoms with E-state index >= 15 is 0 Å². The molecular formula is C19H17N3OS3. The van der Waals surface area contributed by atoms with Gasteiger partial charge in [-0.3, -0.25) is 9.36 Å². The van der Waals surface area contributed by atoms with Crippen LogP contribution < -0.4 is 5.56 Å². The predicted molar refractivity (Wildman–Crippen MR) is 110 cm³/mol. The van der Waals surface area contributed by atoms with Gasteiger partial charge in [0.15, 0.2) is 5.16 Å². The summed E-state index contributed by atoms with van der Waals surface area (Å²) in [6.07, 6.45) is 2.03. The fourth-order valence-corrected chi connectivity index (χ4v) is 6.47. The molecule has 1 unspecified atom stereocenters. The molecule has 0 spiro atoms. The fraction of sp³-hybridized carbons (Fsp3) is 0.316. The van der Waals surface area contributed by atoms with Gasteiger partial charge in [0, 0.05) is 0 Å². The van der Waals surface area contributed by atoms with Crippen LogP contribution in [0.15, 0.2) is 38.4 Å². The minimum absolute atomic E-state index is 0.0201. The number of aryl methyl sites for hydroxylation is 2. The van der Waals surface area contributed by atoms with E-state index in [9.17, 15) is 10.1 Å². The SMILES string of the molecule is Cc1cccc(-n2c(SC(C)C#N)nc3sc4c(c3c2=O)CCCS4)c1. The number of thioether (sulfide) groups is 2. The lowest BCUT2D eigenvalue weighted by molar-refractivity contribution is 0.816. The van der Waals surface area contributed by atoms with Crippen molar-refractivity contribution in [2.45, 2.75) is 41.3 Å². The van der Waals surface area contributed by atoms with Crippen LogP contribution in [0.1, 0.15) is 24.5 Å². The molecule has 0 aliphatic carbocycles. The summed E-state index contributed by atoms with van der Waals surface area (Å²) >= 11 is 4.77. The van der Waals surface area contributed by atoms with Crippen molar-refractivity contribution in [1.82, 2.24) is 9.55 Å². The van der Waals surface area contributed by atoms with E-state index in [1.807, 2.05) is 49.9 Å². The molecule has 0 bridgehead atoms. The molecule has 3 aromatic rings. The maximum absolute atomic E-state index is 13.5. The third kappa shape index (κ3) is 3.07. The highest BCUT2D eigenvalue weighted by Gasteiger charge is 2.24. The van der Waals surface area contributed by atoms with Gasteiger partial charge in [0.2, 0.25) is 0 Å². The Labute approximate surface area is 164 Å².